The first-order chi connectivity index (χ1) is 7.65. The first-order valence-corrected chi connectivity index (χ1v) is 5.37. The predicted octanol–water partition coefficient (Wildman–Crippen LogP) is 0.966. The van der Waals surface area contributed by atoms with Gasteiger partial charge >= 0.3 is 5.97 Å². The van der Waals surface area contributed by atoms with Crippen molar-refractivity contribution in [1.29, 1.82) is 0 Å². The normalized spacial score (nSPS) is 18.9. The van der Waals surface area contributed by atoms with Crippen LogP contribution in [0.4, 0.5) is 0 Å². The second-order valence-corrected chi connectivity index (χ2v) is 4.12. The van der Waals surface area contributed by atoms with E-state index in [2.05, 4.69) is 0 Å². The summed E-state index contributed by atoms with van der Waals surface area (Å²) in [6.45, 7) is -0.301. The van der Waals surface area contributed by atoms with Crippen molar-refractivity contribution in [2.75, 3.05) is 6.61 Å². The lowest BCUT2D eigenvalue weighted by atomic mass is 9.89. The van der Waals surface area contributed by atoms with Crippen molar-refractivity contribution in [3.63, 3.8) is 0 Å². The van der Waals surface area contributed by atoms with Gasteiger partial charge in [-0.15, -0.1) is 0 Å². The van der Waals surface area contributed by atoms with Gasteiger partial charge in [-0.25, -0.2) is 4.79 Å². The molecule has 16 heavy (non-hydrogen) atoms. The molecule has 1 aromatic rings. The maximum absolute atomic E-state index is 10.4. The van der Waals surface area contributed by atoms with Crippen LogP contribution in [0, 0.1) is 0 Å². The van der Waals surface area contributed by atoms with Gasteiger partial charge in [-0.05, 0) is 42.5 Å². The number of carbonyl (C=O) groups is 1. The molecule has 2 rings (SSSR count). The average Bonchev–Trinajstić information content (AvgIpc) is 2.25. The largest absolute Gasteiger partial charge is 0.482 e. The Morgan fingerprint density at radius 2 is 2.31 bits per heavy atom. The molecule has 0 saturated heterocycles. The fraction of sp³-hybridized carbons (Fsp3) is 0.417. The van der Waals surface area contributed by atoms with Gasteiger partial charge in [0.1, 0.15) is 5.75 Å². The summed E-state index contributed by atoms with van der Waals surface area (Å²) in [5.41, 5.74) is 8.36. The molecule has 0 radical (unpaired) electrons. The number of carboxylic acid groups (broad SMARTS) is 1. The molecule has 0 fully saturated rings. The zero-order valence-electron chi connectivity index (χ0n) is 8.98. The highest BCUT2D eigenvalue weighted by atomic mass is 16.5. The molecule has 0 heterocycles. The summed E-state index contributed by atoms with van der Waals surface area (Å²) in [6, 6.07) is 5.93. The van der Waals surface area contributed by atoms with E-state index >= 15 is 0 Å². The van der Waals surface area contributed by atoms with Crippen molar-refractivity contribution < 1.29 is 14.6 Å². The number of nitrogens with two attached hydrogens (primary N) is 1. The Labute approximate surface area is 94.0 Å². The number of fused-ring (bicyclic) bond motifs is 1. The highest BCUT2D eigenvalue weighted by Gasteiger charge is 2.15. The second kappa shape index (κ2) is 4.53. The SMILES string of the molecule is NC1CCc2ccc(OCC(=O)O)cc2C1. The Balaban J connectivity index is 2.11. The van der Waals surface area contributed by atoms with Gasteiger partial charge in [0.25, 0.3) is 0 Å². The molecule has 1 aliphatic rings. The molecule has 4 heteroatoms. The monoisotopic (exact) mass is 221 g/mol. The summed E-state index contributed by atoms with van der Waals surface area (Å²) in [5.74, 6) is -0.357. The van der Waals surface area contributed by atoms with Gasteiger partial charge in [0.15, 0.2) is 6.61 Å². The maximum atomic E-state index is 10.4. The Hall–Kier alpha value is -1.55. The predicted molar refractivity (Wildman–Crippen MR) is 59.6 cm³/mol. The highest BCUT2D eigenvalue weighted by molar-refractivity contribution is 5.68. The number of hydrogen-bond donors (Lipinski definition) is 2. The van der Waals surface area contributed by atoms with Crippen LogP contribution in [0.5, 0.6) is 5.75 Å². The topological polar surface area (TPSA) is 72.5 Å². The van der Waals surface area contributed by atoms with Crippen LogP contribution >= 0.6 is 0 Å². The van der Waals surface area contributed by atoms with Gasteiger partial charge in [0.2, 0.25) is 0 Å². The van der Waals surface area contributed by atoms with Gasteiger partial charge < -0.3 is 15.6 Å². The van der Waals surface area contributed by atoms with Gasteiger partial charge in [0, 0.05) is 6.04 Å². The number of hydrogen-bond acceptors (Lipinski definition) is 3. The Kier molecular flexibility index (Phi) is 3.10. The molecule has 0 aromatic heterocycles. The molecule has 3 N–H and O–H groups in total. The first kappa shape index (κ1) is 11.0. The molecule has 4 nitrogen and oxygen atoms in total. The number of rotatable bonds is 3. The van der Waals surface area contributed by atoms with Crippen LogP contribution in [0.25, 0.3) is 0 Å². The third-order valence-electron chi connectivity index (χ3n) is 2.81. The zero-order chi connectivity index (χ0) is 11.5. The van der Waals surface area contributed by atoms with E-state index in [-0.39, 0.29) is 12.6 Å². The van der Waals surface area contributed by atoms with Crippen molar-refractivity contribution in [2.45, 2.75) is 25.3 Å². The molecule has 0 amide bonds. The van der Waals surface area contributed by atoms with Gasteiger partial charge in [-0.3, -0.25) is 0 Å². The Morgan fingerprint density at radius 1 is 1.50 bits per heavy atom. The van der Waals surface area contributed by atoms with E-state index in [0.29, 0.717) is 5.75 Å². The summed E-state index contributed by atoms with van der Waals surface area (Å²) in [5, 5.41) is 8.51. The van der Waals surface area contributed by atoms with Crippen molar-refractivity contribution in [3.8, 4) is 5.75 Å². The van der Waals surface area contributed by atoms with E-state index in [9.17, 15) is 4.79 Å². The number of aliphatic carboxylic acids is 1. The van der Waals surface area contributed by atoms with E-state index in [0.717, 1.165) is 19.3 Å². The number of carboxylic acids is 1. The van der Waals surface area contributed by atoms with E-state index in [1.807, 2.05) is 18.2 Å². The third kappa shape index (κ3) is 2.52. The third-order valence-corrected chi connectivity index (χ3v) is 2.81. The molecular formula is C12H15NO3. The van der Waals surface area contributed by atoms with Crippen molar-refractivity contribution in [3.05, 3.63) is 29.3 Å². The Morgan fingerprint density at radius 3 is 3.06 bits per heavy atom. The van der Waals surface area contributed by atoms with Crippen molar-refractivity contribution in [1.82, 2.24) is 0 Å². The minimum absolute atomic E-state index is 0.210. The van der Waals surface area contributed by atoms with Crippen molar-refractivity contribution >= 4 is 5.97 Å². The van der Waals surface area contributed by atoms with Crippen LogP contribution in [0.15, 0.2) is 18.2 Å². The fourth-order valence-corrected chi connectivity index (χ4v) is 2.00. The summed E-state index contributed by atoms with van der Waals surface area (Å²) in [7, 11) is 0. The van der Waals surface area contributed by atoms with Crippen LogP contribution in [0.1, 0.15) is 17.5 Å². The quantitative estimate of drug-likeness (QED) is 0.797. The molecular weight excluding hydrogens is 206 g/mol. The molecule has 1 aliphatic carbocycles. The molecule has 0 saturated carbocycles. The standard InChI is InChI=1S/C12H15NO3/c13-10-3-1-8-2-4-11(6-9(8)5-10)16-7-12(14)15/h2,4,6,10H,1,3,5,7,13H2,(H,14,15). The molecule has 0 aliphatic heterocycles. The summed E-state index contributed by atoms with van der Waals surface area (Å²) < 4.78 is 5.13. The summed E-state index contributed by atoms with van der Waals surface area (Å²) in [6.07, 6.45) is 2.86. The highest BCUT2D eigenvalue weighted by Crippen LogP contribution is 2.24. The maximum Gasteiger partial charge on any atom is 0.341 e. The number of ether oxygens (including phenoxy) is 1. The molecule has 0 bridgehead atoms. The zero-order valence-corrected chi connectivity index (χ0v) is 8.98. The van der Waals surface area contributed by atoms with Gasteiger partial charge in [-0.1, -0.05) is 6.07 Å². The number of benzene rings is 1. The lowest BCUT2D eigenvalue weighted by Crippen LogP contribution is -2.27. The average molecular weight is 221 g/mol. The van der Waals surface area contributed by atoms with Crippen LogP contribution in [-0.4, -0.2) is 23.7 Å². The summed E-state index contributed by atoms with van der Waals surface area (Å²) >= 11 is 0. The molecule has 86 valence electrons. The smallest absolute Gasteiger partial charge is 0.341 e. The van der Waals surface area contributed by atoms with Crippen LogP contribution < -0.4 is 10.5 Å². The van der Waals surface area contributed by atoms with Crippen molar-refractivity contribution in [2.24, 2.45) is 5.73 Å². The van der Waals surface area contributed by atoms with Crippen LogP contribution in [-0.2, 0) is 17.6 Å². The molecule has 1 atom stereocenters. The van der Waals surface area contributed by atoms with E-state index in [1.165, 1.54) is 11.1 Å². The van der Waals surface area contributed by atoms with Gasteiger partial charge in [-0.2, -0.15) is 0 Å². The van der Waals surface area contributed by atoms with Gasteiger partial charge in [0.05, 0.1) is 0 Å². The second-order valence-electron chi connectivity index (χ2n) is 4.12. The minimum Gasteiger partial charge on any atom is -0.482 e. The Bertz CT molecular complexity index is 403. The lowest BCUT2D eigenvalue weighted by Gasteiger charge is -2.21. The first-order valence-electron chi connectivity index (χ1n) is 5.37. The number of aryl methyl sites for hydroxylation is 1. The molecule has 1 unspecified atom stereocenters. The van der Waals surface area contributed by atoms with E-state index in [4.69, 9.17) is 15.6 Å². The van der Waals surface area contributed by atoms with E-state index < -0.39 is 5.97 Å². The minimum atomic E-state index is -0.963. The molecule has 1 aromatic carbocycles. The van der Waals surface area contributed by atoms with E-state index in [1.54, 1.807) is 0 Å². The lowest BCUT2D eigenvalue weighted by molar-refractivity contribution is -0.139. The summed E-state index contributed by atoms with van der Waals surface area (Å²) in [4.78, 5) is 10.4. The van der Waals surface area contributed by atoms with Crippen LogP contribution in [0.3, 0.4) is 0 Å². The molecule has 0 spiro atoms. The van der Waals surface area contributed by atoms with Crippen LogP contribution in [0.2, 0.25) is 0 Å². The fourth-order valence-electron chi connectivity index (χ4n) is 2.00.